The van der Waals surface area contributed by atoms with Crippen LogP contribution in [0.15, 0.2) is 48.7 Å². The van der Waals surface area contributed by atoms with Crippen LogP contribution in [0.5, 0.6) is 5.75 Å². The van der Waals surface area contributed by atoms with Crippen LogP contribution in [0.25, 0.3) is 5.65 Å². The summed E-state index contributed by atoms with van der Waals surface area (Å²) in [6.07, 6.45) is 1.83. The van der Waals surface area contributed by atoms with E-state index >= 15 is 0 Å². The molecule has 0 aliphatic rings. The Balaban J connectivity index is 1.93. The molecule has 24 heavy (non-hydrogen) atoms. The van der Waals surface area contributed by atoms with Crippen LogP contribution in [0, 0.1) is 6.92 Å². The molecular formula is C19H21N3O2. The molecule has 0 aliphatic carbocycles. The Labute approximate surface area is 141 Å². The van der Waals surface area contributed by atoms with Crippen molar-refractivity contribution in [2.75, 3.05) is 6.61 Å². The lowest BCUT2D eigenvalue weighted by atomic mass is 10.1. The largest absolute Gasteiger partial charge is 0.490 e. The molecular weight excluding hydrogens is 302 g/mol. The molecule has 1 aromatic carbocycles. The Kier molecular flexibility index (Phi) is 4.51. The van der Waals surface area contributed by atoms with E-state index in [4.69, 9.17) is 4.74 Å². The molecule has 5 nitrogen and oxygen atoms in total. The van der Waals surface area contributed by atoms with Crippen LogP contribution >= 0.6 is 0 Å². The van der Waals surface area contributed by atoms with Crippen molar-refractivity contribution in [3.8, 4) is 5.75 Å². The zero-order chi connectivity index (χ0) is 17.1. The summed E-state index contributed by atoms with van der Waals surface area (Å²) in [4.78, 5) is 17.3. The van der Waals surface area contributed by atoms with Crippen LogP contribution in [-0.4, -0.2) is 21.9 Å². The highest BCUT2D eigenvalue weighted by Crippen LogP contribution is 2.22. The lowest BCUT2D eigenvalue weighted by Gasteiger charge is -2.14. The number of hydrogen-bond donors (Lipinski definition) is 1. The van der Waals surface area contributed by atoms with Crippen molar-refractivity contribution in [2.45, 2.75) is 26.8 Å². The number of carbonyl (C=O) groups excluding carboxylic acids is 1. The fraction of sp³-hybridized carbons (Fsp3) is 0.263. The average Bonchev–Trinajstić information content (AvgIpc) is 2.93. The minimum Gasteiger partial charge on any atom is -0.490 e. The van der Waals surface area contributed by atoms with Crippen LogP contribution < -0.4 is 10.1 Å². The standard InChI is InChI=1S/C19H21N3O2/c1-4-24-16-11-8-12-22-17(14(3)20-18(16)22)19(23)21-13(2)15-9-6-5-7-10-15/h5-13H,4H2,1-3H3,(H,21,23)/t13-/m0/s1. The first-order valence-corrected chi connectivity index (χ1v) is 8.08. The Morgan fingerprint density at radius 3 is 2.71 bits per heavy atom. The zero-order valence-corrected chi connectivity index (χ0v) is 14.1. The summed E-state index contributed by atoms with van der Waals surface area (Å²) in [6, 6.07) is 13.5. The minimum atomic E-state index is -0.148. The first kappa shape index (κ1) is 16.1. The zero-order valence-electron chi connectivity index (χ0n) is 14.1. The van der Waals surface area contributed by atoms with Crippen molar-refractivity contribution in [3.05, 3.63) is 65.6 Å². The van der Waals surface area contributed by atoms with E-state index in [0.29, 0.717) is 29.4 Å². The average molecular weight is 323 g/mol. The van der Waals surface area contributed by atoms with E-state index < -0.39 is 0 Å². The van der Waals surface area contributed by atoms with Gasteiger partial charge in [0.15, 0.2) is 11.4 Å². The molecule has 0 aliphatic heterocycles. The third-order valence-electron chi connectivity index (χ3n) is 3.95. The highest BCUT2D eigenvalue weighted by Gasteiger charge is 2.20. The molecule has 3 rings (SSSR count). The third-order valence-corrected chi connectivity index (χ3v) is 3.95. The Bertz CT molecular complexity index is 856. The van der Waals surface area contributed by atoms with E-state index in [1.54, 1.807) is 4.40 Å². The quantitative estimate of drug-likeness (QED) is 0.781. The van der Waals surface area contributed by atoms with Gasteiger partial charge in [0.05, 0.1) is 18.3 Å². The molecule has 2 heterocycles. The molecule has 0 saturated carbocycles. The number of carbonyl (C=O) groups is 1. The molecule has 5 heteroatoms. The maximum atomic E-state index is 12.8. The topological polar surface area (TPSA) is 55.6 Å². The number of imidazole rings is 1. The Morgan fingerprint density at radius 2 is 2.00 bits per heavy atom. The van der Waals surface area contributed by atoms with Gasteiger partial charge in [-0.05, 0) is 38.5 Å². The van der Waals surface area contributed by atoms with Crippen LogP contribution in [0.4, 0.5) is 0 Å². The minimum absolute atomic E-state index is 0.0845. The first-order valence-electron chi connectivity index (χ1n) is 8.08. The van der Waals surface area contributed by atoms with E-state index in [9.17, 15) is 4.79 Å². The second kappa shape index (κ2) is 6.74. The summed E-state index contributed by atoms with van der Waals surface area (Å²) in [7, 11) is 0. The molecule has 1 atom stereocenters. The third kappa shape index (κ3) is 2.97. The van der Waals surface area contributed by atoms with Crippen molar-refractivity contribution < 1.29 is 9.53 Å². The van der Waals surface area contributed by atoms with Crippen LogP contribution in [-0.2, 0) is 0 Å². The lowest BCUT2D eigenvalue weighted by molar-refractivity contribution is 0.0933. The Morgan fingerprint density at radius 1 is 1.25 bits per heavy atom. The molecule has 3 aromatic rings. The van der Waals surface area contributed by atoms with Crippen molar-refractivity contribution in [3.63, 3.8) is 0 Å². The van der Waals surface area contributed by atoms with Crippen molar-refractivity contribution in [1.29, 1.82) is 0 Å². The van der Waals surface area contributed by atoms with Crippen molar-refractivity contribution in [2.24, 2.45) is 0 Å². The van der Waals surface area contributed by atoms with Crippen LogP contribution in [0.3, 0.4) is 0 Å². The van der Waals surface area contributed by atoms with Crippen LogP contribution in [0.2, 0.25) is 0 Å². The van der Waals surface area contributed by atoms with E-state index in [0.717, 1.165) is 5.56 Å². The monoisotopic (exact) mass is 323 g/mol. The van der Waals surface area contributed by atoms with Gasteiger partial charge in [0.2, 0.25) is 0 Å². The number of ether oxygens (including phenoxy) is 1. The van der Waals surface area contributed by atoms with Crippen molar-refractivity contribution >= 4 is 11.6 Å². The van der Waals surface area contributed by atoms with Gasteiger partial charge < -0.3 is 10.1 Å². The van der Waals surface area contributed by atoms with Gasteiger partial charge in [-0.2, -0.15) is 0 Å². The molecule has 0 saturated heterocycles. The smallest absolute Gasteiger partial charge is 0.270 e. The summed E-state index contributed by atoms with van der Waals surface area (Å²) >= 11 is 0. The summed E-state index contributed by atoms with van der Waals surface area (Å²) in [5.41, 5.74) is 2.94. The fourth-order valence-electron chi connectivity index (χ4n) is 2.79. The molecule has 1 N–H and O–H groups in total. The van der Waals surface area contributed by atoms with Crippen molar-refractivity contribution in [1.82, 2.24) is 14.7 Å². The molecule has 1 amide bonds. The SMILES string of the molecule is CCOc1cccn2c(C(=O)N[C@@H](C)c3ccccc3)c(C)nc12. The summed E-state index contributed by atoms with van der Waals surface area (Å²) < 4.78 is 7.39. The van der Waals surface area contributed by atoms with Gasteiger partial charge in [0.1, 0.15) is 5.69 Å². The fourth-order valence-corrected chi connectivity index (χ4v) is 2.79. The molecule has 0 unspecified atom stereocenters. The predicted octanol–water partition coefficient (Wildman–Crippen LogP) is 3.53. The maximum Gasteiger partial charge on any atom is 0.270 e. The van der Waals surface area contributed by atoms with Gasteiger partial charge in [-0.1, -0.05) is 30.3 Å². The van der Waals surface area contributed by atoms with Gasteiger partial charge >= 0.3 is 0 Å². The van der Waals surface area contributed by atoms with E-state index in [-0.39, 0.29) is 11.9 Å². The molecule has 124 valence electrons. The summed E-state index contributed by atoms with van der Waals surface area (Å²) in [5.74, 6) is 0.531. The molecule has 0 bridgehead atoms. The number of rotatable bonds is 5. The number of aryl methyl sites for hydroxylation is 1. The highest BCUT2D eigenvalue weighted by molar-refractivity contribution is 5.95. The number of nitrogens with one attached hydrogen (secondary N) is 1. The van der Waals surface area contributed by atoms with Gasteiger partial charge in [-0.3, -0.25) is 9.20 Å². The van der Waals surface area contributed by atoms with E-state index in [2.05, 4.69) is 10.3 Å². The first-order chi connectivity index (χ1) is 11.6. The molecule has 0 spiro atoms. The van der Waals surface area contributed by atoms with E-state index in [1.807, 2.05) is 69.4 Å². The maximum absolute atomic E-state index is 12.8. The number of amides is 1. The normalized spacial score (nSPS) is 12.1. The highest BCUT2D eigenvalue weighted by atomic mass is 16.5. The lowest BCUT2D eigenvalue weighted by Crippen LogP contribution is -2.28. The second-order valence-electron chi connectivity index (χ2n) is 5.65. The second-order valence-corrected chi connectivity index (χ2v) is 5.65. The van der Waals surface area contributed by atoms with Crippen LogP contribution in [0.1, 0.15) is 41.6 Å². The number of pyridine rings is 1. The number of benzene rings is 1. The molecule has 2 aromatic heterocycles. The summed E-state index contributed by atoms with van der Waals surface area (Å²) in [5, 5.41) is 3.04. The number of nitrogens with zero attached hydrogens (tertiary/aromatic N) is 2. The number of aromatic nitrogens is 2. The Hall–Kier alpha value is -2.82. The van der Waals surface area contributed by atoms with Gasteiger partial charge in [0, 0.05) is 6.20 Å². The van der Waals surface area contributed by atoms with Gasteiger partial charge in [-0.15, -0.1) is 0 Å². The molecule has 0 radical (unpaired) electrons. The van der Waals surface area contributed by atoms with Gasteiger partial charge in [-0.25, -0.2) is 4.98 Å². The van der Waals surface area contributed by atoms with E-state index in [1.165, 1.54) is 0 Å². The molecule has 0 fully saturated rings. The van der Waals surface area contributed by atoms with Gasteiger partial charge in [0.25, 0.3) is 5.91 Å². The number of hydrogen-bond acceptors (Lipinski definition) is 3. The number of fused-ring (bicyclic) bond motifs is 1. The predicted molar refractivity (Wildman–Crippen MR) is 93.4 cm³/mol. The summed E-state index contributed by atoms with van der Waals surface area (Å²) in [6.45, 7) is 6.29.